The predicted octanol–water partition coefficient (Wildman–Crippen LogP) is 5.10. The van der Waals surface area contributed by atoms with Crippen LogP contribution in [0, 0.1) is 4.77 Å². The van der Waals surface area contributed by atoms with Crippen LogP contribution in [0.5, 0.6) is 0 Å². The Kier molecular flexibility index (Phi) is 7.20. The smallest absolute Gasteiger partial charge is 0.262 e. The van der Waals surface area contributed by atoms with Gasteiger partial charge in [0.2, 0.25) is 5.91 Å². The Labute approximate surface area is 181 Å². The number of carbonyl (C=O) groups excluding carboxylic acids is 1. The highest BCUT2D eigenvalue weighted by atomic mass is 79.9. The van der Waals surface area contributed by atoms with E-state index in [2.05, 4.69) is 20.9 Å². The maximum atomic E-state index is 12.6. The van der Waals surface area contributed by atoms with Crippen LogP contribution in [0.15, 0.2) is 45.0 Å². The van der Waals surface area contributed by atoms with Crippen molar-refractivity contribution in [2.24, 2.45) is 0 Å². The van der Waals surface area contributed by atoms with E-state index in [0.29, 0.717) is 29.7 Å². The van der Waals surface area contributed by atoms with Crippen molar-refractivity contribution < 1.29 is 4.79 Å². The van der Waals surface area contributed by atoms with E-state index in [1.165, 1.54) is 0 Å². The Morgan fingerprint density at radius 3 is 2.82 bits per heavy atom. The molecule has 3 aromatic rings. The second kappa shape index (κ2) is 9.62. The Hall–Kier alpha value is -1.77. The van der Waals surface area contributed by atoms with Gasteiger partial charge >= 0.3 is 0 Å². The lowest BCUT2D eigenvalue weighted by molar-refractivity contribution is -0.130. The van der Waals surface area contributed by atoms with E-state index in [9.17, 15) is 9.59 Å². The van der Waals surface area contributed by atoms with Gasteiger partial charge in [-0.3, -0.25) is 14.2 Å². The molecule has 2 aromatic heterocycles. The van der Waals surface area contributed by atoms with Gasteiger partial charge in [0.15, 0.2) is 4.77 Å². The summed E-state index contributed by atoms with van der Waals surface area (Å²) in [5.74, 6) is 0.143. The largest absolute Gasteiger partial charge is 0.341 e. The predicted molar refractivity (Wildman–Crippen MR) is 120 cm³/mol. The van der Waals surface area contributed by atoms with Crippen molar-refractivity contribution in [3.05, 3.63) is 60.2 Å². The molecule has 0 aliphatic heterocycles. The van der Waals surface area contributed by atoms with Crippen LogP contribution in [0.25, 0.3) is 10.9 Å². The number of aromatic nitrogens is 2. The van der Waals surface area contributed by atoms with Gasteiger partial charge in [-0.1, -0.05) is 18.6 Å². The lowest BCUT2D eigenvalue weighted by Gasteiger charge is -2.16. The van der Waals surface area contributed by atoms with Crippen LogP contribution in [0.4, 0.5) is 0 Å². The number of benzene rings is 1. The number of thiophene rings is 1. The SMILES string of the molecule is CN(Cc1cc(Br)cs1)C(=O)CCCCCn1c(=S)[nH]c2ccccc2c1=O. The number of hydrogen-bond acceptors (Lipinski definition) is 4. The summed E-state index contributed by atoms with van der Waals surface area (Å²) in [7, 11) is 1.84. The third-order valence-electron chi connectivity index (χ3n) is 4.60. The van der Waals surface area contributed by atoms with E-state index >= 15 is 0 Å². The van der Waals surface area contributed by atoms with Gasteiger partial charge in [0.1, 0.15) is 0 Å². The van der Waals surface area contributed by atoms with Crippen molar-refractivity contribution in [1.82, 2.24) is 14.5 Å². The van der Waals surface area contributed by atoms with Crippen LogP contribution in [0.3, 0.4) is 0 Å². The first kappa shape index (κ1) is 21.0. The highest BCUT2D eigenvalue weighted by Crippen LogP contribution is 2.21. The van der Waals surface area contributed by atoms with Crippen molar-refractivity contribution in [2.75, 3.05) is 7.05 Å². The summed E-state index contributed by atoms with van der Waals surface area (Å²) in [6, 6.07) is 9.43. The van der Waals surface area contributed by atoms with Crippen LogP contribution >= 0.6 is 39.5 Å². The molecule has 1 aromatic carbocycles. The van der Waals surface area contributed by atoms with Gasteiger partial charge in [-0.2, -0.15) is 0 Å². The van der Waals surface area contributed by atoms with Crippen molar-refractivity contribution in [3.63, 3.8) is 0 Å². The van der Waals surface area contributed by atoms with Crippen molar-refractivity contribution in [2.45, 2.75) is 38.8 Å². The number of rotatable bonds is 8. The average Bonchev–Trinajstić information content (AvgIpc) is 3.08. The number of carbonyl (C=O) groups is 1. The van der Waals surface area contributed by atoms with Crippen molar-refractivity contribution >= 4 is 56.3 Å². The molecule has 0 unspecified atom stereocenters. The topological polar surface area (TPSA) is 58.1 Å². The molecule has 1 amide bonds. The lowest BCUT2D eigenvalue weighted by atomic mass is 10.1. The molecule has 0 fully saturated rings. The first-order valence-electron chi connectivity index (χ1n) is 9.14. The van der Waals surface area contributed by atoms with Gasteiger partial charge in [-0.15, -0.1) is 11.3 Å². The van der Waals surface area contributed by atoms with Gasteiger partial charge in [0.05, 0.1) is 17.4 Å². The van der Waals surface area contributed by atoms with E-state index in [0.717, 1.165) is 34.1 Å². The monoisotopic (exact) mass is 479 g/mol. The minimum Gasteiger partial charge on any atom is -0.341 e. The molecule has 1 N–H and O–H groups in total. The van der Waals surface area contributed by atoms with Gasteiger partial charge in [0.25, 0.3) is 5.56 Å². The summed E-state index contributed by atoms with van der Waals surface area (Å²) in [6.45, 7) is 1.20. The third kappa shape index (κ3) is 5.18. The maximum absolute atomic E-state index is 12.6. The molecule has 28 heavy (non-hydrogen) atoms. The molecule has 2 heterocycles. The summed E-state index contributed by atoms with van der Waals surface area (Å²) in [4.78, 5) is 30.9. The molecule has 3 rings (SSSR count). The first-order chi connectivity index (χ1) is 13.5. The van der Waals surface area contributed by atoms with Gasteiger partial charge < -0.3 is 9.88 Å². The highest BCUT2D eigenvalue weighted by molar-refractivity contribution is 9.10. The first-order valence-corrected chi connectivity index (χ1v) is 11.2. The second-order valence-electron chi connectivity index (χ2n) is 6.72. The van der Waals surface area contributed by atoms with Gasteiger partial charge in [-0.25, -0.2) is 0 Å². The molecular weight excluding hydrogens is 458 g/mol. The van der Waals surface area contributed by atoms with Crippen LogP contribution in [0.2, 0.25) is 0 Å². The maximum Gasteiger partial charge on any atom is 0.262 e. The number of nitrogens with one attached hydrogen (secondary N) is 1. The number of halogens is 1. The molecular formula is C20H22BrN3O2S2. The van der Waals surface area contributed by atoms with Crippen molar-refractivity contribution in [1.29, 1.82) is 0 Å². The Bertz CT molecular complexity index is 1090. The number of amides is 1. The van der Waals surface area contributed by atoms with Gasteiger partial charge in [-0.05, 0) is 59.2 Å². The van der Waals surface area contributed by atoms with Crippen LogP contribution in [-0.2, 0) is 17.9 Å². The molecule has 0 spiro atoms. The third-order valence-corrected chi connectivity index (χ3v) is 6.61. The average molecular weight is 480 g/mol. The molecule has 0 radical (unpaired) electrons. The number of para-hydroxylation sites is 1. The molecule has 148 valence electrons. The molecule has 0 saturated heterocycles. The van der Waals surface area contributed by atoms with Gasteiger partial charge in [0, 0.05) is 34.7 Å². The summed E-state index contributed by atoms with van der Waals surface area (Å²) in [5.41, 5.74) is 0.706. The molecule has 0 aliphatic rings. The Morgan fingerprint density at radius 2 is 2.07 bits per heavy atom. The summed E-state index contributed by atoms with van der Waals surface area (Å²) in [6.07, 6.45) is 3.00. The zero-order valence-corrected chi connectivity index (χ0v) is 18.8. The fraction of sp³-hybridized carbons (Fsp3) is 0.350. The normalized spacial score (nSPS) is 11.1. The fourth-order valence-corrected chi connectivity index (χ4v) is 4.86. The minimum absolute atomic E-state index is 0.0581. The summed E-state index contributed by atoms with van der Waals surface area (Å²) < 4.78 is 3.11. The Morgan fingerprint density at radius 1 is 1.29 bits per heavy atom. The minimum atomic E-state index is -0.0581. The van der Waals surface area contributed by atoms with Crippen LogP contribution in [-0.4, -0.2) is 27.4 Å². The van der Waals surface area contributed by atoms with Crippen LogP contribution in [0.1, 0.15) is 30.6 Å². The van der Waals surface area contributed by atoms with Crippen LogP contribution < -0.4 is 5.56 Å². The molecule has 0 aliphatic carbocycles. The molecule has 8 heteroatoms. The highest BCUT2D eigenvalue weighted by Gasteiger charge is 2.10. The zero-order valence-electron chi connectivity index (χ0n) is 15.6. The fourth-order valence-electron chi connectivity index (χ4n) is 3.07. The molecule has 0 atom stereocenters. The molecule has 5 nitrogen and oxygen atoms in total. The van der Waals surface area contributed by atoms with Crippen molar-refractivity contribution in [3.8, 4) is 0 Å². The quantitative estimate of drug-likeness (QED) is 0.361. The molecule has 0 bridgehead atoms. The zero-order chi connectivity index (χ0) is 20.1. The number of fused-ring (bicyclic) bond motifs is 1. The van der Waals surface area contributed by atoms with E-state index in [1.807, 2.05) is 36.7 Å². The number of hydrogen-bond donors (Lipinski definition) is 1. The number of nitrogens with zero attached hydrogens (tertiary/aromatic N) is 2. The standard InChI is InChI=1S/C20H22BrN3O2S2/c1-23(12-15-11-14(21)13-28-15)18(25)9-3-2-6-10-24-19(26)16-7-4-5-8-17(16)22-20(24)27/h4-5,7-8,11,13H,2-3,6,9-10,12H2,1H3,(H,22,27). The van der Waals surface area contributed by atoms with E-state index in [1.54, 1.807) is 26.9 Å². The number of aromatic amines is 1. The number of H-pyrrole nitrogens is 1. The van der Waals surface area contributed by atoms with E-state index in [4.69, 9.17) is 12.2 Å². The van der Waals surface area contributed by atoms with E-state index in [-0.39, 0.29) is 11.5 Å². The summed E-state index contributed by atoms with van der Waals surface area (Å²) in [5, 5.41) is 2.67. The second-order valence-corrected chi connectivity index (χ2v) is 9.02. The summed E-state index contributed by atoms with van der Waals surface area (Å²) >= 11 is 10.4. The lowest BCUT2D eigenvalue weighted by Crippen LogP contribution is -2.25. The Balaban J connectivity index is 1.47. The van der Waals surface area contributed by atoms with E-state index < -0.39 is 0 Å². The molecule has 0 saturated carbocycles. The number of unbranched alkanes of at least 4 members (excludes halogenated alkanes) is 2.